The SMILES string of the molecule is CCCCN(C)c1ccc(C(=O)N(C)CCCOc2cccc(S(C)(=O)=O)c2)cc1. The van der Waals surface area contributed by atoms with Gasteiger partial charge in [0.05, 0.1) is 11.5 Å². The number of ether oxygens (including phenoxy) is 1. The highest BCUT2D eigenvalue weighted by Crippen LogP contribution is 2.18. The van der Waals surface area contributed by atoms with E-state index in [1.807, 2.05) is 24.3 Å². The fourth-order valence-corrected chi connectivity index (χ4v) is 3.65. The average molecular weight is 433 g/mol. The van der Waals surface area contributed by atoms with Gasteiger partial charge < -0.3 is 14.5 Å². The van der Waals surface area contributed by atoms with Gasteiger partial charge in [0.2, 0.25) is 0 Å². The molecule has 0 aliphatic rings. The molecule has 0 atom stereocenters. The molecule has 164 valence electrons. The summed E-state index contributed by atoms with van der Waals surface area (Å²) in [6, 6.07) is 14.1. The van der Waals surface area contributed by atoms with Crippen molar-refractivity contribution in [1.82, 2.24) is 4.90 Å². The molecule has 7 heteroatoms. The first kappa shape index (κ1) is 23.7. The zero-order chi connectivity index (χ0) is 22.1. The van der Waals surface area contributed by atoms with Crippen molar-refractivity contribution in [3.8, 4) is 5.75 Å². The van der Waals surface area contributed by atoms with Gasteiger partial charge in [0.25, 0.3) is 5.91 Å². The summed E-state index contributed by atoms with van der Waals surface area (Å²) in [6.45, 7) is 4.11. The minimum absolute atomic E-state index is 0.0307. The van der Waals surface area contributed by atoms with Crippen molar-refractivity contribution >= 4 is 21.4 Å². The first-order chi connectivity index (χ1) is 14.2. The molecule has 0 aliphatic heterocycles. The third kappa shape index (κ3) is 7.06. The van der Waals surface area contributed by atoms with Crippen LogP contribution in [0.2, 0.25) is 0 Å². The highest BCUT2D eigenvalue weighted by molar-refractivity contribution is 7.90. The molecule has 0 heterocycles. The van der Waals surface area contributed by atoms with Gasteiger partial charge in [-0.1, -0.05) is 19.4 Å². The zero-order valence-corrected chi connectivity index (χ0v) is 19.1. The van der Waals surface area contributed by atoms with E-state index in [4.69, 9.17) is 4.74 Å². The summed E-state index contributed by atoms with van der Waals surface area (Å²) in [6.07, 6.45) is 4.10. The lowest BCUT2D eigenvalue weighted by molar-refractivity contribution is 0.0788. The van der Waals surface area contributed by atoms with E-state index in [1.54, 1.807) is 30.1 Å². The summed E-state index contributed by atoms with van der Waals surface area (Å²) in [5, 5.41) is 0. The van der Waals surface area contributed by atoms with Gasteiger partial charge >= 0.3 is 0 Å². The highest BCUT2D eigenvalue weighted by Gasteiger charge is 2.12. The smallest absolute Gasteiger partial charge is 0.253 e. The van der Waals surface area contributed by atoms with Gasteiger partial charge in [0, 0.05) is 44.7 Å². The highest BCUT2D eigenvalue weighted by atomic mass is 32.2. The lowest BCUT2D eigenvalue weighted by Crippen LogP contribution is -2.28. The van der Waals surface area contributed by atoms with Crippen molar-refractivity contribution in [2.45, 2.75) is 31.1 Å². The maximum atomic E-state index is 12.6. The molecule has 1 amide bonds. The summed E-state index contributed by atoms with van der Waals surface area (Å²) in [4.78, 5) is 16.7. The van der Waals surface area contributed by atoms with Gasteiger partial charge in [0.1, 0.15) is 5.75 Å². The van der Waals surface area contributed by atoms with Gasteiger partial charge in [-0.05, 0) is 55.3 Å². The van der Waals surface area contributed by atoms with Gasteiger partial charge in [-0.25, -0.2) is 8.42 Å². The molecule has 0 saturated heterocycles. The van der Waals surface area contributed by atoms with Crippen molar-refractivity contribution < 1.29 is 17.9 Å². The molecular formula is C23H32N2O4S. The lowest BCUT2D eigenvalue weighted by Gasteiger charge is -2.20. The van der Waals surface area contributed by atoms with E-state index in [-0.39, 0.29) is 10.8 Å². The molecule has 2 rings (SSSR count). The van der Waals surface area contributed by atoms with Crippen LogP contribution in [-0.4, -0.2) is 59.3 Å². The van der Waals surface area contributed by atoms with Gasteiger partial charge in [-0.2, -0.15) is 0 Å². The van der Waals surface area contributed by atoms with Crippen LogP contribution in [0.1, 0.15) is 36.5 Å². The maximum absolute atomic E-state index is 12.6. The molecule has 0 bridgehead atoms. The van der Waals surface area contributed by atoms with Crippen molar-refractivity contribution in [1.29, 1.82) is 0 Å². The van der Waals surface area contributed by atoms with Gasteiger partial charge in [-0.3, -0.25) is 4.79 Å². The van der Waals surface area contributed by atoms with Crippen LogP contribution < -0.4 is 9.64 Å². The largest absolute Gasteiger partial charge is 0.493 e. The maximum Gasteiger partial charge on any atom is 0.253 e. The van der Waals surface area contributed by atoms with Crippen molar-refractivity contribution in [2.75, 3.05) is 44.9 Å². The Balaban J connectivity index is 1.82. The van der Waals surface area contributed by atoms with E-state index in [1.165, 1.54) is 12.3 Å². The number of anilines is 1. The second-order valence-electron chi connectivity index (χ2n) is 7.50. The van der Waals surface area contributed by atoms with Crippen LogP contribution in [-0.2, 0) is 9.84 Å². The third-order valence-corrected chi connectivity index (χ3v) is 6.00. The Bertz CT molecular complexity index is 926. The van der Waals surface area contributed by atoms with Crippen LogP contribution in [0, 0.1) is 0 Å². The number of hydrogen-bond acceptors (Lipinski definition) is 5. The number of unbranched alkanes of at least 4 members (excludes halogenated alkanes) is 1. The summed E-state index contributed by atoms with van der Waals surface area (Å²) in [7, 11) is 0.571. The molecule has 0 spiro atoms. The van der Waals surface area contributed by atoms with Crippen molar-refractivity contribution in [2.24, 2.45) is 0 Å². The Hall–Kier alpha value is -2.54. The van der Waals surface area contributed by atoms with E-state index in [9.17, 15) is 13.2 Å². The Kier molecular flexibility index (Phi) is 8.72. The molecular weight excluding hydrogens is 400 g/mol. The number of carbonyl (C=O) groups is 1. The summed E-state index contributed by atoms with van der Waals surface area (Å²) >= 11 is 0. The summed E-state index contributed by atoms with van der Waals surface area (Å²) in [5.74, 6) is 0.478. The molecule has 0 fully saturated rings. The van der Waals surface area contributed by atoms with Gasteiger partial charge in [-0.15, -0.1) is 0 Å². The van der Waals surface area contributed by atoms with Crippen LogP contribution in [0.15, 0.2) is 53.4 Å². The normalized spacial score (nSPS) is 11.2. The van der Waals surface area contributed by atoms with Gasteiger partial charge in [0.15, 0.2) is 9.84 Å². The molecule has 0 saturated carbocycles. The molecule has 0 aliphatic carbocycles. The minimum Gasteiger partial charge on any atom is -0.493 e. The predicted octanol–water partition coefficient (Wildman–Crippen LogP) is 3.87. The fourth-order valence-electron chi connectivity index (χ4n) is 2.99. The first-order valence-corrected chi connectivity index (χ1v) is 12.1. The quantitative estimate of drug-likeness (QED) is 0.504. The number of nitrogens with zero attached hydrogens (tertiary/aromatic N) is 2. The Morgan fingerprint density at radius 2 is 1.70 bits per heavy atom. The van der Waals surface area contributed by atoms with Crippen LogP contribution in [0.25, 0.3) is 0 Å². The van der Waals surface area contributed by atoms with Crippen LogP contribution in [0.5, 0.6) is 5.75 Å². The molecule has 0 N–H and O–H groups in total. The first-order valence-electron chi connectivity index (χ1n) is 10.2. The van der Waals surface area contributed by atoms with E-state index in [0.29, 0.717) is 30.9 Å². The standard InChI is InChI=1S/C23H32N2O4S/c1-5-6-15-24(2)20-13-11-19(12-14-20)23(26)25(3)16-8-17-29-21-9-7-10-22(18-21)30(4,27)28/h7,9-14,18H,5-6,8,15-17H2,1-4H3. The molecule has 0 unspecified atom stereocenters. The second kappa shape index (κ2) is 11.0. The molecule has 6 nitrogen and oxygen atoms in total. The van der Waals surface area contributed by atoms with Crippen molar-refractivity contribution in [3.63, 3.8) is 0 Å². The number of rotatable bonds is 11. The Labute approximate surface area is 180 Å². The number of carbonyl (C=O) groups excluding carboxylic acids is 1. The molecule has 30 heavy (non-hydrogen) atoms. The average Bonchev–Trinajstić information content (AvgIpc) is 2.74. The third-order valence-electron chi connectivity index (χ3n) is 4.89. The van der Waals surface area contributed by atoms with Crippen LogP contribution in [0.3, 0.4) is 0 Å². The van der Waals surface area contributed by atoms with E-state index in [0.717, 1.165) is 25.1 Å². The van der Waals surface area contributed by atoms with E-state index >= 15 is 0 Å². The van der Waals surface area contributed by atoms with Crippen molar-refractivity contribution in [3.05, 3.63) is 54.1 Å². The summed E-state index contributed by atoms with van der Waals surface area (Å²) in [5.41, 5.74) is 1.76. The van der Waals surface area contributed by atoms with Crippen LogP contribution >= 0.6 is 0 Å². The molecule has 0 aromatic heterocycles. The molecule has 2 aromatic rings. The predicted molar refractivity (Wildman–Crippen MR) is 121 cm³/mol. The molecule has 0 radical (unpaired) electrons. The number of benzene rings is 2. The van der Waals surface area contributed by atoms with Crippen LogP contribution in [0.4, 0.5) is 5.69 Å². The Morgan fingerprint density at radius 3 is 2.33 bits per heavy atom. The monoisotopic (exact) mass is 432 g/mol. The number of sulfone groups is 1. The second-order valence-corrected chi connectivity index (χ2v) is 9.51. The minimum atomic E-state index is -3.26. The topological polar surface area (TPSA) is 66.9 Å². The lowest BCUT2D eigenvalue weighted by atomic mass is 10.1. The fraction of sp³-hybridized carbons (Fsp3) is 0.435. The number of amides is 1. The number of hydrogen-bond donors (Lipinski definition) is 0. The Morgan fingerprint density at radius 1 is 1.00 bits per heavy atom. The van der Waals surface area contributed by atoms with E-state index < -0.39 is 9.84 Å². The molecule has 2 aromatic carbocycles. The summed E-state index contributed by atoms with van der Waals surface area (Å²) < 4.78 is 28.9. The zero-order valence-electron chi connectivity index (χ0n) is 18.3. The van der Waals surface area contributed by atoms with E-state index in [2.05, 4.69) is 18.9 Å².